The van der Waals surface area contributed by atoms with Crippen LogP contribution in [-0.2, 0) is 0 Å². The quantitative estimate of drug-likeness (QED) is 0.679. The van der Waals surface area contributed by atoms with E-state index in [-0.39, 0.29) is 0 Å². The van der Waals surface area contributed by atoms with E-state index in [1.807, 2.05) is 20.8 Å². The number of aromatic nitrogens is 1. The third kappa shape index (κ3) is 2.75. The molecule has 1 rings (SSSR count). The van der Waals surface area contributed by atoms with E-state index in [1.165, 1.54) is 0 Å². The van der Waals surface area contributed by atoms with Crippen LogP contribution in [0.25, 0.3) is 0 Å². The van der Waals surface area contributed by atoms with Crippen molar-refractivity contribution in [3.8, 4) is 0 Å². The molecule has 0 saturated carbocycles. The van der Waals surface area contributed by atoms with E-state index in [9.17, 15) is 0 Å². The van der Waals surface area contributed by atoms with Gasteiger partial charge < -0.3 is 5.73 Å². The van der Waals surface area contributed by atoms with Gasteiger partial charge in [-0.15, -0.1) is 0 Å². The zero-order chi connectivity index (χ0) is 10.6. The van der Waals surface area contributed by atoms with Crippen LogP contribution in [0.4, 0.5) is 5.69 Å². The Hall–Kier alpha value is -0.470. The van der Waals surface area contributed by atoms with Crippen LogP contribution in [0, 0.1) is 13.8 Å². The average Bonchev–Trinajstić information content (AvgIpc) is 2.15. The molecule has 2 N–H and O–H groups in total. The average molecular weight is 221 g/mol. The Labute approximate surface area is 89.1 Å². The summed E-state index contributed by atoms with van der Waals surface area (Å²) < 4.78 is 0. The molecule has 74 valence electrons. The molecule has 0 fully saturated rings. The molecule has 0 bridgehead atoms. The van der Waals surface area contributed by atoms with Crippen LogP contribution >= 0.6 is 23.2 Å². The summed E-state index contributed by atoms with van der Waals surface area (Å²) in [7, 11) is 0. The molecule has 0 amide bonds. The molecule has 0 aliphatic carbocycles. The van der Waals surface area contributed by atoms with Crippen LogP contribution in [-0.4, -0.2) is 4.98 Å². The fraction of sp³-hybridized carbons (Fsp3) is 0.444. The number of hydrogen-bond donors (Lipinski definition) is 1. The summed E-state index contributed by atoms with van der Waals surface area (Å²) in [4.78, 5) is 3.94. The highest BCUT2D eigenvalue weighted by molar-refractivity contribution is 6.41. The molecule has 0 unspecified atom stereocenters. The molecule has 1 aromatic heterocycles. The van der Waals surface area contributed by atoms with Gasteiger partial charge >= 0.3 is 0 Å². The Kier molecular flexibility index (Phi) is 5.11. The SMILES string of the molecule is CC.Cc1nc(Cl)c(Cl)c(C)c1N. The van der Waals surface area contributed by atoms with E-state index in [0.717, 1.165) is 11.3 Å². The number of rotatable bonds is 0. The normalized spacial score (nSPS) is 9.08. The second kappa shape index (κ2) is 5.30. The molecule has 0 spiro atoms. The van der Waals surface area contributed by atoms with Gasteiger partial charge in [0.2, 0.25) is 0 Å². The lowest BCUT2D eigenvalue weighted by Crippen LogP contribution is -1.97. The smallest absolute Gasteiger partial charge is 0.148 e. The molecule has 1 heterocycles. The van der Waals surface area contributed by atoms with E-state index in [4.69, 9.17) is 28.9 Å². The summed E-state index contributed by atoms with van der Waals surface area (Å²) in [6.07, 6.45) is 0. The number of nitrogen functional groups attached to an aromatic ring is 1. The van der Waals surface area contributed by atoms with Crippen LogP contribution < -0.4 is 5.73 Å². The third-order valence-electron chi connectivity index (χ3n) is 1.57. The van der Waals surface area contributed by atoms with Crippen LogP contribution in [0.15, 0.2) is 0 Å². The van der Waals surface area contributed by atoms with E-state index in [2.05, 4.69) is 4.98 Å². The first-order valence-corrected chi connectivity index (χ1v) is 4.87. The predicted molar refractivity (Wildman–Crippen MR) is 59.5 cm³/mol. The highest BCUT2D eigenvalue weighted by Gasteiger charge is 2.08. The molecule has 13 heavy (non-hydrogen) atoms. The van der Waals surface area contributed by atoms with Crippen molar-refractivity contribution in [2.75, 3.05) is 5.73 Å². The summed E-state index contributed by atoms with van der Waals surface area (Å²) in [5.41, 5.74) is 7.77. The summed E-state index contributed by atoms with van der Waals surface area (Å²) in [6.45, 7) is 7.61. The third-order valence-corrected chi connectivity index (χ3v) is 2.40. The molecule has 0 atom stereocenters. The minimum absolute atomic E-state index is 0.316. The monoisotopic (exact) mass is 220 g/mol. The second-order valence-corrected chi connectivity index (χ2v) is 3.08. The summed E-state index contributed by atoms with van der Waals surface area (Å²) >= 11 is 11.5. The Morgan fingerprint density at radius 2 is 1.62 bits per heavy atom. The number of anilines is 1. The van der Waals surface area contributed by atoms with Gasteiger partial charge in [-0.05, 0) is 19.4 Å². The lowest BCUT2D eigenvalue weighted by atomic mass is 10.2. The van der Waals surface area contributed by atoms with Gasteiger partial charge in [0, 0.05) is 0 Å². The summed E-state index contributed by atoms with van der Waals surface area (Å²) in [6, 6.07) is 0. The maximum atomic E-state index is 5.78. The van der Waals surface area contributed by atoms with Crippen LogP contribution in [0.1, 0.15) is 25.1 Å². The van der Waals surface area contributed by atoms with Gasteiger partial charge in [-0.25, -0.2) is 4.98 Å². The maximum Gasteiger partial charge on any atom is 0.148 e. The Morgan fingerprint density at radius 3 is 2.08 bits per heavy atom. The fourth-order valence-corrected chi connectivity index (χ4v) is 1.21. The molecule has 1 aromatic rings. The fourth-order valence-electron chi connectivity index (χ4n) is 0.801. The van der Waals surface area contributed by atoms with Gasteiger partial charge in [0.05, 0.1) is 16.4 Å². The number of nitrogens with two attached hydrogens (primary N) is 1. The van der Waals surface area contributed by atoms with Crippen molar-refractivity contribution in [2.45, 2.75) is 27.7 Å². The van der Waals surface area contributed by atoms with E-state index in [0.29, 0.717) is 15.9 Å². The number of nitrogens with zero attached hydrogens (tertiary/aromatic N) is 1. The lowest BCUT2D eigenvalue weighted by molar-refractivity contribution is 1.18. The molecular formula is C9H14Cl2N2. The molecule has 0 aliphatic heterocycles. The van der Waals surface area contributed by atoms with Gasteiger partial charge in [-0.3, -0.25) is 0 Å². The molecule has 0 aliphatic rings. The van der Waals surface area contributed by atoms with E-state index in [1.54, 1.807) is 6.92 Å². The Balaban J connectivity index is 0.000000671. The number of hydrogen-bond acceptors (Lipinski definition) is 2. The lowest BCUT2D eigenvalue weighted by Gasteiger charge is -2.06. The van der Waals surface area contributed by atoms with Gasteiger partial charge in [-0.2, -0.15) is 0 Å². The van der Waals surface area contributed by atoms with Crippen LogP contribution in [0.5, 0.6) is 0 Å². The van der Waals surface area contributed by atoms with Crippen molar-refractivity contribution in [3.05, 3.63) is 21.4 Å². The molecule has 0 radical (unpaired) electrons. The highest BCUT2D eigenvalue weighted by atomic mass is 35.5. The molecular weight excluding hydrogens is 207 g/mol. The van der Waals surface area contributed by atoms with E-state index < -0.39 is 0 Å². The predicted octanol–water partition coefficient (Wildman–Crippen LogP) is 3.61. The van der Waals surface area contributed by atoms with Crippen molar-refractivity contribution in [1.29, 1.82) is 0 Å². The highest BCUT2D eigenvalue weighted by Crippen LogP contribution is 2.28. The minimum Gasteiger partial charge on any atom is -0.397 e. The first-order chi connectivity index (χ1) is 6.04. The van der Waals surface area contributed by atoms with Gasteiger partial charge in [0.15, 0.2) is 0 Å². The number of pyridine rings is 1. The van der Waals surface area contributed by atoms with E-state index >= 15 is 0 Å². The zero-order valence-corrected chi connectivity index (χ0v) is 9.79. The first kappa shape index (κ1) is 12.5. The van der Waals surface area contributed by atoms with Crippen molar-refractivity contribution in [1.82, 2.24) is 4.98 Å². The minimum atomic E-state index is 0.316. The molecule has 2 nitrogen and oxygen atoms in total. The standard InChI is InChI=1S/C7H8Cl2N2.C2H6/c1-3-5(8)7(9)11-4(2)6(3)10;1-2/h10H2,1-2H3;1-2H3. The largest absolute Gasteiger partial charge is 0.397 e. The second-order valence-electron chi connectivity index (χ2n) is 2.34. The van der Waals surface area contributed by atoms with Crippen LogP contribution in [0.2, 0.25) is 10.2 Å². The zero-order valence-electron chi connectivity index (χ0n) is 8.28. The van der Waals surface area contributed by atoms with Crippen LogP contribution in [0.3, 0.4) is 0 Å². The van der Waals surface area contributed by atoms with Gasteiger partial charge in [0.25, 0.3) is 0 Å². The topological polar surface area (TPSA) is 38.9 Å². The van der Waals surface area contributed by atoms with Gasteiger partial charge in [0.1, 0.15) is 5.15 Å². The summed E-state index contributed by atoms with van der Waals surface area (Å²) in [5.74, 6) is 0. The molecule has 0 saturated heterocycles. The van der Waals surface area contributed by atoms with Crippen molar-refractivity contribution in [2.24, 2.45) is 0 Å². The van der Waals surface area contributed by atoms with Crippen molar-refractivity contribution < 1.29 is 0 Å². The molecule has 4 heteroatoms. The van der Waals surface area contributed by atoms with Crippen molar-refractivity contribution in [3.63, 3.8) is 0 Å². The Bertz CT molecular complexity index is 272. The van der Waals surface area contributed by atoms with Crippen molar-refractivity contribution >= 4 is 28.9 Å². The number of aryl methyl sites for hydroxylation is 1. The molecule has 0 aromatic carbocycles. The number of halogens is 2. The summed E-state index contributed by atoms with van der Waals surface area (Å²) in [5, 5.41) is 0.755. The van der Waals surface area contributed by atoms with Gasteiger partial charge in [-0.1, -0.05) is 37.0 Å². The first-order valence-electron chi connectivity index (χ1n) is 4.11. The maximum absolute atomic E-state index is 5.78. The Morgan fingerprint density at radius 1 is 1.15 bits per heavy atom.